The molecule has 0 radical (unpaired) electrons. The number of anilines is 2. The third-order valence-corrected chi connectivity index (χ3v) is 3.13. The van der Waals surface area contributed by atoms with Crippen LogP contribution in [0.25, 0.3) is 10.9 Å². The van der Waals surface area contributed by atoms with E-state index in [4.69, 9.17) is 11.6 Å². The number of nitrogens with zero attached hydrogens (tertiary/aromatic N) is 1. The van der Waals surface area contributed by atoms with Crippen molar-refractivity contribution < 1.29 is 4.39 Å². The summed E-state index contributed by atoms with van der Waals surface area (Å²) in [6.07, 6.45) is 0. The van der Waals surface area contributed by atoms with Crippen LogP contribution in [-0.2, 0) is 0 Å². The number of aromatic amines is 1. The third kappa shape index (κ3) is 2.35. The first kappa shape index (κ1) is 12.6. The van der Waals surface area contributed by atoms with Gasteiger partial charge in [-0.3, -0.25) is 0 Å². The lowest BCUT2D eigenvalue weighted by Gasteiger charge is -2.09. The Morgan fingerprint density at radius 2 is 2.00 bits per heavy atom. The Morgan fingerprint density at radius 1 is 1.20 bits per heavy atom. The number of nitrogens with one attached hydrogen (secondary N) is 2. The van der Waals surface area contributed by atoms with Crippen LogP contribution in [0.1, 0.15) is 0 Å². The summed E-state index contributed by atoms with van der Waals surface area (Å²) in [6, 6.07) is 11.2. The summed E-state index contributed by atoms with van der Waals surface area (Å²) in [6.45, 7) is 0. The molecule has 2 N–H and O–H groups in total. The summed E-state index contributed by atoms with van der Waals surface area (Å²) in [5.74, 6) is -0.0536. The summed E-state index contributed by atoms with van der Waals surface area (Å²) >= 11 is 5.95. The van der Waals surface area contributed by atoms with Gasteiger partial charge in [-0.25, -0.2) is 9.18 Å². The number of fused-ring (bicyclic) bond motifs is 1. The van der Waals surface area contributed by atoms with Gasteiger partial charge in [0.25, 0.3) is 0 Å². The molecule has 0 saturated carbocycles. The molecule has 0 spiro atoms. The second-order valence-electron chi connectivity index (χ2n) is 4.19. The first-order chi connectivity index (χ1) is 9.63. The van der Waals surface area contributed by atoms with Gasteiger partial charge < -0.3 is 10.3 Å². The molecule has 3 aromatic rings. The molecule has 0 aliphatic rings. The molecule has 0 aliphatic heterocycles. The molecule has 20 heavy (non-hydrogen) atoms. The lowest BCUT2D eigenvalue weighted by molar-refractivity contribution is 0.628. The van der Waals surface area contributed by atoms with E-state index in [2.05, 4.69) is 15.3 Å². The number of hydrogen-bond acceptors (Lipinski definition) is 3. The zero-order chi connectivity index (χ0) is 14.1. The van der Waals surface area contributed by atoms with Crippen molar-refractivity contribution >= 4 is 34.0 Å². The predicted octanol–water partition coefficient (Wildman–Crippen LogP) is 3.46. The molecule has 2 aromatic carbocycles. The molecular formula is C14H9ClFN3O. The van der Waals surface area contributed by atoms with Gasteiger partial charge in [0.2, 0.25) is 0 Å². The van der Waals surface area contributed by atoms with E-state index >= 15 is 0 Å². The Balaban J connectivity index is 2.13. The van der Waals surface area contributed by atoms with Gasteiger partial charge in [0.05, 0.1) is 16.2 Å². The summed E-state index contributed by atoms with van der Waals surface area (Å²) in [7, 11) is 0. The van der Waals surface area contributed by atoms with Crippen LogP contribution in [0.4, 0.5) is 15.9 Å². The van der Waals surface area contributed by atoms with Crippen LogP contribution in [-0.4, -0.2) is 9.97 Å². The Labute approximate surface area is 118 Å². The molecular weight excluding hydrogens is 281 g/mol. The normalized spacial score (nSPS) is 10.7. The molecule has 0 aliphatic carbocycles. The average molecular weight is 290 g/mol. The molecule has 6 heteroatoms. The molecule has 100 valence electrons. The maximum Gasteiger partial charge on any atom is 0.347 e. The van der Waals surface area contributed by atoms with Crippen LogP contribution < -0.4 is 11.0 Å². The Kier molecular flexibility index (Phi) is 3.12. The number of benzene rings is 2. The number of aromatic nitrogens is 2. The van der Waals surface area contributed by atoms with E-state index < -0.39 is 11.5 Å². The van der Waals surface area contributed by atoms with E-state index in [-0.39, 0.29) is 5.02 Å². The lowest BCUT2D eigenvalue weighted by Crippen LogP contribution is -2.12. The van der Waals surface area contributed by atoms with Crippen LogP contribution in [0.3, 0.4) is 0 Å². The van der Waals surface area contributed by atoms with Gasteiger partial charge in [0, 0.05) is 5.39 Å². The van der Waals surface area contributed by atoms with Crippen LogP contribution in [0, 0.1) is 5.82 Å². The highest BCUT2D eigenvalue weighted by Gasteiger charge is 2.07. The van der Waals surface area contributed by atoms with Crippen LogP contribution >= 0.6 is 11.6 Å². The molecule has 0 saturated heterocycles. The van der Waals surface area contributed by atoms with Crippen molar-refractivity contribution in [1.29, 1.82) is 0 Å². The highest BCUT2D eigenvalue weighted by atomic mass is 35.5. The summed E-state index contributed by atoms with van der Waals surface area (Å²) < 4.78 is 13.0. The quantitative estimate of drug-likeness (QED) is 0.759. The number of para-hydroxylation sites is 1. The van der Waals surface area contributed by atoms with Crippen molar-refractivity contribution in [3.05, 3.63) is 63.8 Å². The van der Waals surface area contributed by atoms with E-state index in [0.717, 1.165) is 5.39 Å². The molecule has 4 nitrogen and oxygen atoms in total. The minimum absolute atomic E-state index is 0.219. The molecule has 0 unspecified atom stereocenters. The van der Waals surface area contributed by atoms with Crippen molar-refractivity contribution in [3.8, 4) is 0 Å². The first-order valence-electron chi connectivity index (χ1n) is 5.84. The number of hydrogen-bond donors (Lipinski definition) is 2. The molecule has 0 amide bonds. The van der Waals surface area contributed by atoms with Crippen molar-refractivity contribution in [2.24, 2.45) is 0 Å². The second-order valence-corrected chi connectivity index (χ2v) is 4.59. The average Bonchev–Trinajstić information content (AvgIpc) is 2.41. The number of H-pyrrole nitrogens is 1. The Hall–Kier alpha value is -2.40. The Morgan fingerprint density at radius 3 is 2.80 bits per heavy atom. The number of halogens is 2. The monoisotopic (exact) mass is 289 g/mol. The van der Waals surface area contributed by atoms with Gasteiger partial charge in [-0.05, 0) is 30.3 Å². The van der Waals surface area contributed by atoms with Gasteiger partial charge in [-0.2, -0.15) is 4.98 Å². The van der Waals surface area contributed by atoms with Gasteiger partial charge in [0.15, 0.2) is 0 Å². The lowest BCUT2D eigenvalue weighted by atomic mass is 10.2. The number of rotatable bonds is 2. The van der Waals surface area contributed by atoms with Crippen molar-refractivity contribution in [3.63, 3.8) is 0 Å². The van der Waals surface area contributed by atoms with E-state index in [1.54, 1.807) is 6.07 Å². The fourth-order valence-electron chi connectivity index (χ4n) is 1.92. The SMILES string of the molecule is O=c1nc(Nc2ccc(F)cc2Cl)c2ccccc2[nH]1. The van der Waals surface area contributed by atoms with E-state index in [9.17, 15) is 9.18 Å². The minimum atomic E-state index is -0.468. The molecule has 1 aromatic heterocycles. The smallest absolute Gasteiger partial charge is 0.338 e. The maximum atomic E-state index is 13.0. The van der Waals surface area contributed by atoms with Crippen molar-refractivity contribution in [2.45, 2.75) is 0 Å². The van der Waals surface area contributed by atoms with Crippen molar-refractivity contribution in [1.82, 2.24) is 9.97 Å². The van der Waals surface area contributed by atoms with Crippen LogP contribution in [0.5, 0.6) is 0 Å². The zero-order valence-corrected chi connectivity index (χ0v) is 10.9. The van der Waals surface area contributed by atoms with E-state index in [1.807, 2.05) is 18.2 Å². The van der Waals surface area contributed by atoms with E-state index in [1.165, 1.54) is 18.2 Å². The van der Waals surface area contributed by atoms with Gasteiger partial charge in [-0.1, -0.05) is 23.7 Å². The standard InChI is InChI=1S/C14H9ClFN3O/c15-10-7-8(16)5-6-12(10)17-13-9-3-1-2-4-11(9)18-14(20)19-13/h1-7H,(H2,17,18,19,20). The second kappa shape index (κ2) is 4.94. The fraction of sp³-hybridized carbons (Fsp3) is 0. The minimum Gasteiger partial charge on any atom is -0.338 e. The summed E-state index contributed by atoms with van der Waals surface area (Å²) in [5, 5.41) is 3.92. The fourth-order valence-corrected chi connectivity index (χ4v) is 2.13. The third-order valence-electron chi connectivity index (χ3n) is 2.82. The molecule has 3 rings (SSSR count). The van der Waals surface area contributed by atoms with E-state index in [0.29, 0.717) is 17.0 Å². The van der Waals surface area contributed by atoms with Gasteiger partial charge in [0.1, 0.15) is 11.6 Å². The van der Waals surface area contributed by atoms with Crippen LogP contribution in [0.15, 0.2) is 47.3 Å². The van der Waals surface area contributed by atoms with Crippen LogP contribution in [0.2, 0.25) is 5.02 Å². The molecule has 1 heterocycles. The molecule has 0 atom stereocenters. The first-order valence-corrected chi connectivity index (χ1v) is 6.22. The molecule has 0 bridgehead atoms. The topological polar surface area (TPSA) is 57.8 Å². The van der Waals surface area contributed by atoms with Crippen molar-refractivity contribution in [2.75, 3.05) is 5.32 Å². The highest BCUT2D eigenvalue weighted by Crippen LogP contribution is 2.27. The Bertz CT molecular complexity index is 847. The highest BCUT2D eigenvalue weighted by molar-refractivity contribution is 6.33. The summed E-state index contributed by atoms with van der Waals surface area (Å²) in [4.78, 5) is 18.1. The van der Waals surface area contributed by atoms with Gasteiger partial charge in [-0.15, -0.1) is 0 Å². The molecule has 0 fully saturated rings. The zero-order valence-electron chi connectivity index (χ0n) is 10.2. The summed E-state index contributed by atoms with van der Waals surface area (Å²) in [5.41, 5.74) is 0.675. The largest absolute Gasteiger partial charge is 0.347 e. The maximum absolute atomic E-state index is 13.0. The van der Waals surface area contributed by atoms with Gasteiger partial charge >= 0.3 is 5.69 Å². The predicted molar refractivity (Wildman–Crippen MR) is 77.1 cm³/mol.